The molecule has 0 radical (unpaired) electrons. The van der Waals surface area contributed by atoms with E-state index in [2.05, 4.69) is 10.6 Å². The third kappa shape index (κ3) is 10.2. The van der Waals surface area contributed by atoms with Gasteiger partial charge in [0.05, 0.1) is 24.8 Å². The maximum absolute atomic E-state index is 13.2. The Balaban J connectivity index is 1.69. The van der Waals surface area contributed by atoms with Gasteiger partial charge in [0, 0.05) is 11.5 Å². The van der Waals surface area contributed by atoms with E-state index in [1.54, 1.807) is 19.3 Å². The zero-order chi connectivity index (χ0) is 35.2. The number of furan rings is 1. The van der Waals surface area contributed by atoms with Crippen LogP contribution < -0.4 is 20.9 Å². The summed E-state index contributed by atoms with van der Waals surface area (Å²) in [4.78, 5) is 74.4. The van der Waals surface area contributed by atoms with Gasteiger partial charge in [-0.05, 0) is 56.0 Å². The molecule has 1 heterocycles. The van der Waals surface area contributed by atoms with Gasteiger partial charge in [-0.1, -0.05) is 43.3 Å². The molecule has 3 rings (SSSR count). The number of nitrogens with zero attached hydrogens (tertiary/aromatic N) is 1. The SMILES string of the molecule is CCOc1cc(-c2ccc(C(=O)NCNC(=O)[C@H](CCc3ccccc3)[C@@H](CC)C(=O)NO)o2)ccc1C(=O)N(CC(=O)O)CC(=O)O. The molecular formula is C33H38N4O11. The second-order valence-corrected chi connectivity index (χ2v) is 10.6. The minimum absolute atomic E-state index is 0.0490. The van der Waals surface area contributed by atoms with Gasteiger partial charge in [0.2, 0.25) is 11.8 Å². The molecule has 0 saturated heterocycles. The lowest BCUT2D eigenvalue weighted by molar-refractivity contribution is -0.141. The summed E-state index contributed by atoms with van der Waals surface area (Å²) in [6.45, 7) is 1.59. The van der Waals surface area contributed by atoms with Crippen molar-refractivity contribution in [3.8, 4) is 17.1 Å². The first-order valence-corrected chi connectivity index (χ1v) is 15.1. The van der Waals surface area contributed by atoms with Crippen LogP contribution in [-0.2, 0) is 25.6 Å². The number of amides is 4. The van der Waals surface area contributed by atoms with Crippen molar-refractivity contribution in [3.05, 3.63) is 77.6 Å². The van der Waals surface area contributed by atoms with Crippen LogP contribution in [0.4, 0.5) is 0 Å². The van der Waals surface area contributed by atoms with Gasteiger partial charge in [-0.2, -0.15) is 0 Å². The quantitative estimate of drug-likeness (QED) is 0.0657. The number of carbonyl (C=O) groups is 6. The van der Waals surface area contributed by atoms with E-state index in [1.807, 2.05) is 30.3 Å². The van der Waals surface area contributed by atoms with Crippen molar-refractivity contribution < 1.29 is 53.3 Å². The predicted octanol–water partition coefficient (Wildman–Crippen LogP) is 2.54. The summed E-state index contributed by atoms with van der Waals surface area (Å²) in [6.07, 6.45) is 1.13. The van der Waals surface area contributed by atoms with Gasteiger partial charge in [0.25, 0.3) is 11.8 Å². The topological polar surface area (TPSA) is 225 Å². The number of aryl methyl sites for hydroxylation is 1. The summed E-state index contributed by atoms with van der Waals surface area (Å²) in [5.74, 6) is -6.87. The number of rotatable bonds is 18. The molecule has 256 valence electrons. The highest BCUT2D eigenvalue weighted by atomic mass is 16.5. The van der Waals surface area contributed by atoms with Crippen LogP contribution in [0, 0.1) is 11.8 Å². The Labute approximate surface area is 275 Å². The van der Waals surface area contributed by atoms with Gasteiger partial charge in [0.1, 0.15) is 24.6 Å². The van der Waals surface area contributed by atoms with Crippen molar-refractivity contribution in [2.24, 2.45) is 11.8 Å². The number of carbonyl (C=O) groups excluding carboxylic acids is 4. The van der Waals surface area contributed by atoms with Crippen LogP contribution in [0.1, 0.15) is 53.2 Å². The molecule has 2 atom stereocenters. The fraction of sp³-hybridized carbons (Fsp3) is 0.333. The highest BCUT2D eigenvalue weighted by molar-refractivity contribution is 6.00. The molecule has 0 fully saturated rings. The molecule has 48 heavy (non-hydrogen) atoms. The second kappa shape index (κ2) is 17.9. The van der Waals surface area contributed by atoms with Gasteiger partial charge in [0.15, 0.2) is 5.76 Å². The van der Waals surface area contributed by atoms with Crippen LogP contribution in [0.25, 0.3) is 11.3 Å². The molecule has 3 aromatic rings. The number of carboxylic acid groups (broad SMARTS) is 2. The van der Waals surface area contributed by atoms with E-state index in [0.29, 0.717) is 29.7 Å². The molecule has 0 bridgehead atoms. The smallest absolute Gasteiger partial charge is 0.323 e. The first kappa shape index (κ1) is 36.8. The Kier molecular flexibility index (Phi) is 13.7. The molecular weight excluding hydrogens is 628 g/mol. The first-order valence-electron chi connectivity index (χ1n) is 15.1. The minimum Gasteiger partial charge on any atom is -0.493 e. The first-order chi connectivity index (χ1) is 23.0. The second-order valence-electron chi connectivity index (χ2n) is 10.6. The van der Waals surface area contributed by atoms with E-state index < -0.39 is 60.5 Å². The normalized spacial score (nSPS) is 11.9. The maximum Gasteiger partial charge on any atom is 0.323 e. The maximum atomic E-state index is 13.2. The van der Waals surface area contributed by atoms with Crippen molar-refractivity contribution in [3.63, 3.8) is 0 Å². The fourth-order valence-corrected chi connectivity index (χ4v) is 5.09. The number of hydrogen-bond acceptors (Lipinski definition) is 9. The monoisotopic (exact) mass is 666 g/mol. The van der Waals surface area contributed by atoms with Crippen LogP contribution in [0.15, 0.2) is 65.1 Å². The number of benzene rings is 2. The molecule has 0 spiro atoms. The van der Waals surface area contributed by atoms with E-state index in [9.17, 15) is 34.0 Å². The standard InChI is InChI=1S/C33H38N4O11/c1-3-22(31(43)36-46)23(12-10-20-8-6-5-7-9-20)30(42)34-19-35-32(44)26-15-14-25(48-26)21-11-13-24(27(16-21)47-4-2)33(45)37(17-28(38)39)18-29(40)41/h5-9,11,13-16,22-23,46H,3-4,10,12,17-19H2,1-2H3,(H,34,42)(H,35,44)(H,36,43)(H,38,39)(H,40,41)/t22-,23-/m1/s1. The van der Waals surface area contributed by atoms with E-state index in [4.69, 9.17) is 19.4 Å². The summed E-state index contributed by atoms with van der Waals surface area (Å²) in [6, 6.07) is 16.6. The number of ether oxygens (including phenoxy) is 1. The van der Waals surface area contributed by atoms with E-state index in [0.717, 1.165) is 5.56 Å². The highest BCUT2D eigenvalue weighted by Gasteiger charge is 2.32. The average molecular weight is 667 g/mol. The summed E-state index contributed by atoms with van der Waals surface area (Å²) in [5.41, 5.74) is 2.94. The van der Waals surface area contributed by atoms with Gasteiger partial charge >= 0.3 is 11.9 Å². The summed E-state index contributed by atoms with van der Waals surface area (Å²) < 4.78 is 11.3. The molecule has 0 saturated carbocycles. The zero-order valence-electron chi connectivity index (χ0n) is 26.4. The lowest BCUT2D eigenvalue weighted by Crippen LogP contribution is -2.45. The van der Waals surface area contributed by atoms with Gasteiger partial charge in [-0.25, -0.2) is 5.48 Å². The van der Waals surface area contributed by atoms with E-state index >= 15 is 0 Å². The summed E-state index contributed by atoms with van der Waals surface area (Å²) in [5, 5.41) is 32.6. The number of hydrogen-bond donors (Lipinski definition) is 6. The van der Waals surface area contributed by atoms with Crippen LogP contribution in [-0.4, -0.2) is 82.3 Å². The van der Waals surface area contributed by atoms with Gasteiger partial charge < -0.3 is 34.9 Å². The minimum atomic E-state index is -1.39. The molecule has 0 aliphatic rings. The third-order valence-electron chi connectivity index (χ3n) is 7.37. The Morgan fingerprint density at radius 3 is 2.15 bits per heavy atom. The molecule has 15 heteroatoms. The Morgan fingerprint density at radius 1 is 0.854 bits per heavy atom. The Morgan fingerprint density at radius 2 is 1.54 bits per heavy atom. The molecule has 6 N–H and O–H groups in total. The summed E-state index contributed by atoms with van der Waals surface area (Å²) >= 11 is 0. The van der Waals surface area contributed by atoms with Crippen molar-refractivity contribution in [1.29, 1.82) is 0 Å². The van der Waals surface area contributed by atoms with Crippen molar-refractivity contribution in [2.75, 3.05) is 26.4 Å². The predicted molar refractivity (Wildman–Crippen MR) is 169 cm³/mol. The average Bonchev–Trinajstić information content (AvgIpc) is 3.56. The van der Waals surface area contributed by atoms with Crippen LogP contribution in [0.5, 0.6) is 5.75 Å². The van der Waals surface area contributed by atoms with Gasteiger partial charge in [-0.15, -0.1) is 0 Å². The largest absolute Gasteiger partial charge is 0.493 e. The molecule has 0 aliphatic heterocycles. The Bertz CT molecular complexity index is 1590. The highest BCUT2D eigenvalue weighted by Crippen LogP contribution is 2.30. The number of carboxylic acids is 2. The number of aliphatic carboxylic acids is 2. The number of nitrogens with one attached hydrogen (secondary N) is 3. The molecule has 1 aromatic heterocycles. The molecule has 15 nitrogen and oxygen atoms in total. The van der Waals surface area contributed by atoms with Crippen molar-refractivity contribution in [1.82, 2.24) is 21.0 Å². The fourth-order valence-electron chi connectivity index (χ4n) is 5.09. The van der Waals surface area contributed by atoms with Crippen LogP contribution >= 0.6 is 0 Å². The lowest BCUT2D eigenvalue weighted by Gasteiger charge is -2.24. The molecule has 0 unspecified atom stereocenters. The lowest BCUT2D eigenvalue weighted by atomic mass is 9.84. The van der Waals surface area contributed by atoms with E-state index in [1.165, 1.54) is 30.3 Å². The molecule has 2 aromatic carbocycles. The molecule has 0 aliphatic carbocycles. The Hall–Kier alpha value is -5.70. The van der Waals surface area contributed by atoms with Crippen LogP contribution in [0.2, 0.25) is 0 Å². The van der Waals surface area contributed by atoms with Gasteiger partial charge in [-0.3, -0.25) is 34.0 Å². The number of hydroxylamine groups is 1. The zero-order valence-corrected chi connectivity index (χ0v) is 26.4. The third-order valence-corrected chi connectivity index (χ3v) is 7.37. The van der Waals surface area contributed by atoms with Crippen molar-refractivity contribution in [2.45, 2.75) is 33.1 Å². The van der Waals surface area contributed by atoms with E-state index in [-0.39, 0.29) is 36.1 Å². The van der Waals surface area contributed by atoms with Crippen LogP contribution in [0.3, 0.4) is 0 Å². The molecule has 4 amide bonds. The van der Waals surface area contributed by atoms with Crippen molar-refractivity contribution >= 4 is 35.6 Å². The summed E-state index contributed by atoms with van der Waals surface area (Å²) in [7, 11) is 0.